The molecule has 0 saturated carbocycles. The maximum atomic E-state index is 8.52. The molecular formula is H20NaO14S-. The van der Waals surface area contributed by atoms with Gasteiger partial charge in [-0.2, -0.15) is 0 Å². The average molecular weight is 299 g/mol. The van der Waals surface area contributed by atoms with Crippen LogP contribution in [0.15, 0.2) is 0 Å². The molecule has 112 valence electrons. The summed E-state index contributed by atoms with van der Waals surface area (Å²) in [4.78, 5) is 0. The van der Waals surface area contributed by atoms with Crippen LogP contribution < -0.4 is 29.6 Å². The molecule has 0 aliphatic carbocycles. The standard InChI is InChI=1S/Na.H2O4S.10H2O/c;1-5(2,3)4;;;;;;;;;;/h;(H2,1,2,3,4);10*1H2/q+1;;;;;;;;;;;/p-2. The van der Waals surface area contributed by atoms with E-state index in [0.717, 1.165) is 0 Å². The van der Waals surface area contributed by atoms with Gasteiger partial charge in [-0.1, -0.05) is 0 Å². The summed E-state index contributed by atoms with van der Waals surface area (Å²) >= 11 is 0. The first-order chi connectivity index (χ1) is 2.00. The van der Waals surface area contributed by atoms with Crippen molar-refractivity contribution in [2.24, 2.45) is 0 Å². The van der Waals surface area contributed by atoms with Crippen LogP contribution in [0.1, 0.15) is 0 Å². The maximum absolute atomic E-state index is 8.52. The third-order valence-electron chi connectivity index (χ3n) is 0. The van der Waals surface area contributed by atoms with E-state index in [-0.39, 0.29) is 84.3 Å². The molecule has 0 radical (unpaired) electrons. The normalized spacial score (nSPS) is 3.62. The summed E-state index contributed by atoms with van der Waals surface area (Å²) in [5.41, 5.74) is 0. The van der Waals surface area contributed by atoms with E-state index in [1.807, 2.05) is 0 Å². The van der Waals surface area contributed by atoms with E-state index in [9.17, 15) is 0 Å². The summed E-state index contributed by atoms with van der Waals surface area (Å²) in [6, 6.07) is 0. The molecule has 0 rings (SSSR count). The van der Waals surface area contributed by atoms with Gasteiger partial charge in [0.1, 0.15) is 0 Å². The van der Waals surface area contributed by atoms with Gasteiger partial charge in [0.25, 0.3) is 0 Å². The summed E-state index contributed by atoms with van der Waals surface area (Å²) in [5.74, 6) is 0. The zero-order valence-electron chi connectivity index (χ0n) is 8.04. The summed E-state index contributed by atoms with van der Waals surface area (Å²) in [7, 11) is -5.17. The first-order valence-electron chi connectivity index (χ1n) is 0.667. The van der Waals surface area contributed by atoms with Gasteiger partial charge in [0.15, 0.2) is 0 Å². The van der Waals surface area contributed by atoms with Crippen molar-refractivity contribution in [2.45, 2.75) is 0 Å². The molecule has 16 heavy (non-hydrogen) atoms. The fourth-order valence-corrected chi connectivity index (χ4v) is 0. The first kappa shape index (κ1) is 197. The second-order valence-electron chi connectivity index (χ2n) is 0.408. The molecule has 14 nitrogen and oxygen atoms in total. The van der Waals surface area contributed by atoms with Crippen molar-refractivity contribution in [1.29, 1.82) is 0 Å². The smallest absolute Gasteiger partial charge is 0.759 e. The van der Waals surface area contributed by atoms with Crippen LogP contribution in [0.2, 0.25) is 0 Å². The molecule has 0 aromatic rings. The van der Waals surface area contributed by atoms with Gasteiger partial charge >= 0.3 is 29.6 Å². The summed E-state index contributed by atoms with van der Waals surface area (Å²) < 4.78 is 34.1. The van der Waals surface area contributed by atoms with E-state index in [1.165, 1.54) is 0 Å². The van der Waals surface area contributed by atoms with Crippen LogP contribution in [0.4, 0.5) is 0 Å². The fraction of sp³-hybridized carbons (Fsp3) is 0. The van der Waals surface area contributed by atoms with Gasteiger partial charge in [-0.15, -0.1) is 0 Å². The van der Waals surface area contributed by atoms with Gasteiger partial charge in [-0.05, 0) is 0 Å². The minimum Gasteiger partial charge on any atom is -0.759 e. The molecule has 16 heteroatoms. The Balaban J connectivity index is -0.00000000145. The Morgan fingerprint density at radius 1 is 0.500 bits per heavy atom. The Morgan fingerprint density at radius 3 is 0.500 bits per heavy atom. The van der Waals surface area contributed by atoms with Crippen LogP contribution in [0.25, 0.3) is 0 Å². The van der Waals surface area contributed by atoms with Crippen LogP contribution in [0, 0.1) is 0 Å². The number of rotatable bonds is 0. The molecule has 0 fully saturated rings. The first-order valence-corrected chi connectivity index (χ1v) is 2.00. The van der Waals surface area contributed by atoms with Crippen LogP contribution in [0.3, 0.4) is 0 Å². The summed E-state index contributed by atoms with van der Waals surface area (Å²) in [6.45, 7) is 0. The second-order valence-corrected chi connectivity index (χ2v) is 1.22. The van der Waals surface area contributed by atoms with Crippen molar-refractivity contribution in [3.63, 3.8) is 0 Å². The fourth-order valence-electron chi connectivity index (χ4n) is 0. The van der Waals surface area contributed by atoms with E-state index in [4.69, 9.17) is 17.5 Å². The van der Waals surface area contributed by atoms with Crippen LogP contribution >= 0.6 is 0 Å². The SMILES string of the molecule is O.O.O.O.O.O.O.O.O.O.O=S(=O)([O-])[O-].[Na+]. The van der Waals surface area contributed by atoms with Crippen molar-refractivity contribution in [1.82, 2.24) is 0 Å². The largest absolute Gasteiger partial charge is 1.00 e. The predicted octanol–water partition coefficient (Wildman–Crippen LogP) is -12.6. The zero-order chi connectivity index (χ0) is 4.50. The van der Waals surface area contributed by atoms with E-state index in [1.54, 1.807) is 0 Å². The molecule has 0 spiro atoms. The molecule has 20 N–H and O–H groups in total. The second kappa shape index (κ2) is 77.4. The molecule has 0 saturated heterocycles. The summed E-state index contributed by atoms with van der Waals surface area (Å²) in [5, 5.41) is 0. The Kier molecular flexibility index (Phi) is 954. The van der Waals surface area contributed by atoms with E-state index >= 15 is 0 Å². The van der Waals surface area contributed by atoms with Crippen molar-refractivity contribution < 1.29 is 102 Å². The summed E-state index contributed by atoms with van der Waals surface area (Å²) in [6.07, 6.45) is 0. The van der Waals surface area contributed by atoms with Crippen molar-refractivity contribution >= 4 is 10.4 Å². The van der Waals surface area contributed by atoms with Gasteiger partial charge in [0.05, 0.1) is 0 Å². The van der Waals surface area contributed by atoms with Gasteiger partial charge in [0.2, 0.25) is 0 Å². The monoisotopic (exact) mass is 299 g/mol. The Bertz CT molecular complexity index is 93.9. The number of hydrogen-bond donors (Lipinski definition) is 0. The molecule has 0 atom stereocenters. The number of hydrogen-bond acceptors (Lipinski definition) is 4. The molecule has 0 aliphatic rings. The minimum absolute atomic E-state index is 0. The van der Waals surface area contributed by atoms with Gasteiger partial charge in [0, 0.05) is 10.4 Å². The Labute approximate surface area is 112 Å². The molecular weight excluding hydrogens is 279 g/mol. The molecule has 0 aliphatic heterocycles. The van der Waals surface area contributed by atoms with E-state index < -0.39 is 10.4 Å². The Hall–Kier alpha value is 0.470. The van der Waals surface area contributed by atoms with Crippen LogP contribution in [0.5, 0.6) is 0 Å². The molecule has 0 bridgehead atoms. The van der Waals surface area contributed by atoms with Gasteiger partial charge in [-0.3, -0.25) is 8.42 Å². The minimum atomic E-state index is -5.17. The van der Waals surface area contributed by atoms with Crippen molar-refractivity contribution in [3.8, 4) is 0 Å². The molecule has 0 unspecified atom stereocenters. The van der Waals surface area contributed by atoms with Crippen molar-refractivity contribution in [3.05, 3.63) is 0 Å². The zero-order valence-corrected chi connectivity index (χ0v) is 10.9. The topological polar surface area (TPSA) is 395 Å². The molecule has 0 aromatic carbocycles. The van der Waals surface area contributed by atoms with E-state index in [0.29, 0.717) is 0 Å². The molecule has 0 aromatic heterocycles. The predicted molar refractivity (Wildman–Crippen MR) is 46.6 cm³/mol. The Morgan fingerprint density at radius 2 is 0.500 bits per heavy atom. The van der Waals surface area contributed by atoms with Crippen molar-refractivity contribution in [2.75, 3.05) is 0 Å². The van der Waals surface area contributed by atoms with Gasteiger partial charge in [-0.25, -0.2) is 0 Å². The van der Waals surface area contributed by atoms with E-state index in [2.05, 4.69) is 0 Å². The maximum Gasteiger partial charge on any atom is 1.00 e. The van der Waals surface area contributed by atoms with Crippen LogP contribution in [-0.4, -0.2) is 72.3 Å². The third kappa shape index (κ3) is 11900. The van der Waals surface area contributed by atoms with Crippen LogP contribution in [-0.2, 0) is 10.4 Å². The molecule has 0 amide bonds. The quantitative estimate of drug-likeness (QED) is 0.238. The van der Waals surface area contributed by atoms with Gasteiger partial charge < -0.3 is 63.9 Å². The average Bonchev–Trinajstić information content (AvgIpc) is 0.722. The molecule has 0 heterocycles. The third-order valence-corrected chi connectivity index (χ3v) is 0.